The molecular formula is C13H24N2O2. The van der Waals surface area contributed by atoms with Crippen LogP contribution < -0.4 is 10.6 Å². The first-order chi connectivity index (χ1) is 8.25. The standard InChI is InChI=1S/C13H24N2O2/c1-10(14-9-12-7-4-8-17-12)13(16)15-11-5-2-3-6-11/h10-12,14H,2-9H2,1H3,(H,15,16). The molecule has 2 aliphatic rings. The summed E-state index contributed by atoms with van der Waals surface area (Å²) in [7, 11) is 0. The molecule has 1 saturated carbocycles. The number of amides is 1. The third-order valence-corrected chi connectivity index (χ3v) is 3.77. The van der Waals surface area contributed by atoms with Gasteiger partial charge in [0, 0.05) is 19.2 Å². The second-order valence-corrected chi connectivity index (χ2v) is 5.25. The average molecular weight is 240 g/mol. The van der Waals surface area contributed by atoms with Crippen molar-refractivity contribution in [1.29, 1.82) is 0 Å². The maximum Gasteiger partial charge on any atom is 0.237 e. The van der Waals surface area contributed by atoms with Gasteiger partial charge in [-0.05, 0) is 32.6 Å². The number of hydrogen-bond donors (Lipinski definition) is 2. The first kappa shape index (κ1) is 12.8. The van der Waals surface area contributed by atoms with Gasteiger partial charge >= 0.3 is 0 Å². The number of rotatable bonds is 5. The van der Waals surface area contributed by atoms with E-state index in [0.29, 0.717) is 12.1 Å². The Hall–Kier alpha value is -0.610. The molecule has 4 nitrogen and oxygen atoms in total. The van der Waals surface area contributed by atoms with Crippen LogP contribution in [0, 0.1) is 0 Å². The van der Waals surface area contributed by atoms with Crippen LogP contribution in [0.25, 0.3) is 0 Å². The Morgan fingerprint density at radius 3 is 2.71 bits per heavy atom. The Labute approximate surface area is 103 Å². The van der Waals surface area contributed by atoms with E-state index >= 15 is 0 Å². The Balaban J connectivity index is 1.63. The quantitative estimate of drug-likeness (QED) is 0.759. The van der Waals surface area contributed by atoms with Crippen LogP contribution in [-0.2, 0) is 9.53 Å². The Morgan fingerprint density at radius 1 is 1.29 bits per heavy atom. The maximum absolute atomic E-state index is 11.9. The van der Waals surface area contributed by atoms with E-state index in [4.69, 9.17) is 4.74 Å². The van der Waals surface area contributed by atoms with Crippen LogP contribution in [-0.4, -0.2) is 37.2 Å². The highest BCUT2D eigenvalue weighted by Crippen LogP contribution is 2.17. The molecule has 0 aromatic carbocycles. The van der Waals surface area contributed by atoms with Crippen molar-refractivity contribution in [2.24, 2.45) is 0 Å². The Kier molecular flexibility index (Phi) is 4.80. The fourth-order valence-corrected chi connectivity index (χ4v) is 2.60. The molecule has 2 unspecified atom stereocenters. The fraction of sp³-hybridized carbons (Fsp3) is 0.923. The molecule has 1 aliphatic carbocycles. The third kappa shape index (κ3) is 3.96. The van der Waals surface area contributed by atoms with E-state index in [1.807, 2.05) is 6.92 Å². The zero-order valence-corrected chi connectivity index (χ0v) is 10.7. The molecule has 1 saturated heterocycles. The van der Waals surface area contributed by atoms with E-state index in [2.05, 4.69) is 10.6 Å². The molecule has 0 bridgehead atoms. The van der Waals surface area contributed by atoms with E-state index in [0.717, 1.165) is 38.8 Å². The minimum Gasteiger partial charge on any atom is -0.377 e. The zero-order chi connectivity index (χ0) is 12.1. The van der Waals surface area contributed by atoms with E-state index in [1.54, 1.807) is 0 Å². The van der Waals surface area contributed by atoms with Gasteiger partial charge < -0.3 is 15.4 Å². The van der Waals surface area contributed by atoms with Gasteiger partial charge in [0.1, 0.15) is 0 Å². The van der Waals surface area contributed by atoms with Gasteiger partial charge in [0.2, 0.25) is 5.91 Å². The molecule has 0 spiro atoms. The second kappa shape index (κ2) is 6.36. The summed E-state index contributed by atoms with van der Waals surface area (Å²) >= 11 is 0. The smallest absolute Gasteiger partial charge is 0.237 e. The second-order valence-electron chi connectivity index (χ2n) is 5.25. The van der Waals surface area contributed by atoms with Crippen molar-refractivity contribution in [3.05, 3.63) is 0 Å². The molecule has 1 aliphatic heterocycles. The fourth-order valence-electron chi connectivity index (χ4n) is 2.60. The molecule has 2 atom stereocenters. The van der Waals surface area contributed by atoms with Gasteiger partial charge in [-0.15, -0.1) is 0 Å². The van der Waals surface area contributed by atoms with Crippen molar-refractivity contribution in [3.8, 4) is 0 Å². The third-order valence-electron chi connectivity index (χ3n) is 3.77. The number of nitrogens with one attached hydrogen (secondary N) is 2. The Bertz CT molecular complexity index is 246. The number of carbonyl (C=O) groups is 1. The van der Waals surface area contributed by atoms with E-state index in [1.165, 1.54) is 12.8 Å². The summed E-state index contributed by atoms with van der Waals surface area (Å²) in [5, 5.41) is 6.37. The molecule has 0 radical (unpaired) electrons. The van der Waals surface area contributed by atoms with Crippen LogP contribution in [0.15, 0.2) is 0 Å². The highest BCUT2D eigenvalue weighted by atomic mass is 16.5. The molecule has 1 amide bonds. The van der Waals surface area contributed by atoms with Crippen molar-refractivity contribution in [2.45, 2.75) is 63.6 Å². The van der Waals surface area contributed by atoms with Crippen LogP contribution in [0.3, 0.4) is 0 Å². The van der Waals surface area contributed by atoms with Gasteiger partial charge in [-0.25, -0.2) is 0 Å². The summed E-state index contributed by atoms with van der Waals surface area (Å²) in [5.41, 5.74) is 0. The summed E-state index contributed by atoms with van der Waals surface area (Å²) in [4.78, 5) is 11.9. The number of ether oxygens (including phenoxy) is 1. The van der Waals surface area contributed by atoms with Crippen LogP contribution in [0.5, 0.6) is 0 Å². The van der Waals surface area contributed by atoms with E-state index < -0.39 is 0 Å². The monoisotopic (exact) mass is 240 g/mol. The van der Waals surface area contributed by atoms with Gasteiger partial charge in [-0.1, -0.05) is 12.8 Å². The minimum absolute atomic E-state index is 0.111. The largest absolute Gasteiger partial charge is 0.377 e. The first-order valence-corrected chi connectivity index (χ1v) is 6.91. The summed E-state index contributed by atoms with van der Waals surface area (Å²) in [5.74, 6) is 0.134. The predicted octanol–water partition coefficient (Wildman–Crippen LogP) is 1.20. The van der Waals surface area contributed by atoms with Crippen molar-refractivity contribution in [1.82, 2.24) is 10.6 Å². The number of carbonyl (C=O) groups excluding carboxylic acids is 1. The van der Waals surface area contributed by atoms with Crippen molar-refractivity contribution in [2.75, 3.05) is 13.2 Å². The molecule has 17 heavy (non-hydrogen) atoms. The molecule has 1 heterocycles. The minimum atomic E-state index is -0.111. The van der Waals surface area contributed by atoms with E-state index in [9.17, 15) is 4.79 Å². The highest BCUT2D eigenvalue weighted by Gasteiger charge is 2.22. The maximum atomic E-state index is 11.9. The van der Waals surface area contributed by atoms with Crippen LogP contribution in [0.2, 0.25) is 0 Å². The van der Waals surface area contributed by atoms with Gasteiger partial charge in [0.25, 0.3) is 0 Å². The summed E-state index contributed by atoms with van der Waals surface area (Å²) in [6, 6.07) is 0.300. The molecule has 0 aromatic rings. The molecule has 2 fully saturated rings. The SMILES string of the molecule is CC(NCC1CCCO1)C(=O)NC1CCCC1. The van der Waals surface area contributed by atoms with Crippen molar-refractivity contribution in [3.63, 3.8) is 0 Å². The Morgan fingerprint density at radius 2 is 2.06 bits per heavy atom. The van der Waals surface area contributed by atoms with Gasteiger partial charge in [-0.2, -0.15) is 0 Å². The van der Waals surface area contributed by atoms with Crippen molar-refractivity contribution >= 4 is 5.91 Å². The lowest BCUT2D eigenvalue weighted by molar-refractivity contribution is -0.123. The zero-order valence-electron chi connectivity index (χ0n) is 10.7. The highest BCUT2D eigenvalue weighted by molar-refractivity contribution is 5.81. The van der Waals surface area contributed by atoms with Crippen LogP contribution in [0.1, 0.15) is 45.4 Å². The first-order valence-electron chi connectivity index (χ1n) is 6.91. The van der Waals surface area contributed by atoms with Crippen molar-refractivity contribution < 1.29 is 9.53 Å². The lowest BCUT2D eigenvalue weighted by atomic mass is 10.2. The van der Waals surface area contributed by atoms with Gasteiger partial charge in [-0.3, -0.25) is 4.79 Å². The normalized spacial score (nSPS) is 27.2. The molecule has 2 N–H and O–H groups in total. The molecule has 0 aromatic heterocycles. The number of hydrogen-bond acceptors (Lipinski definition) is 3. The topological polar surface area (TPSA) is 50.4 Å². The van der Waals surface area contributed by atoms with Gasteiger partial charge in [0.05, 0.1) is 12.1 Å². The van der Waals surface area contributed by atoms with Gasteiger partial charge in [0.15, 0.2) is 0 Å². The predicted molar refractivity (Wildman–Crippen MR) is 66.8 cm³/mol. The summed E-state index contributed by atoms with van der Waals surface area (Å²) in [6.45, 7) is 3.59. The lowest BCUT2D eigenvalue weighted by Crippen LogP contribution is -2.47. The molecule has 2 rings (SSSR count). The van der Waals surface area contributed by atoms with Crippen LogP contribution in [0.4, 0.5) is 0 Å². The lowest BCUT2D eigenvalue weighted by Gasteiger charge is -2.19. The molecular weight excluding hydrogens is 216 g/mol. The van der Waals surface area contributed by atoms with E-state index in [-0.39, 0.29) is 11.9 Å². The summed E-state index contributed by atoms with van der Waals surface area (Å²) in [6.07, 6.45) is 7.36. The summed E-state index contributed by atoms with van der Waals surface area (Å²) < 4.78 is 5.52. The van der Waals surface area contributed by atoms with Crippen LogP contribution >= 0.6 is 0 Å². The molecule has 98 valence electrons. The average Bonchev–Trinajstić information content (AvgIpc) is 2.98. The molecule has 4 heteroatoms.